The summed E-state index contributed by atoms with van der Waals surface area (Å²) in [5, 5.41) is 0.816. The van der Waals surface area contributed by atoms with Crippen LogP contribution in [-0.4, -0.2) is 6.61 Å². The van der Waals surface area contributed by atoms with Crippen LogP contribution in [-0.2, 0) is 4.74 Å². The first-order valence-electron chi connectivity index (χ1n) is 3.78. The summed E-state index contributed by atoms with van der Waals surface area (Å²) in [6.45, 7) is 6.80. The van der Waals surface area contributed by atoms with Gasteiger partial charge in [-0.05, 0) is 25.5 Å². The Morgan fingerprint density at radius 3 is 2.73 bits per heavy atom. The van der Waals surface area contributed by atoms with Crippen molar-refractivity contribution >= 4 is 11.6 Å². The van der Waals surface area contributed by atoms with E-state index in [-0.39, 0.29) is 0 Å². The molecule has 0 fully saturated rings. The van der Waals surface area contributed by atoms with Crippen molar-refractivity contribution < 1.29 is 4.74 Å². The van der Waals surface area contributed by atoms with Crippen LogP contribution >= 0.6 is 11.6 Å². The van der Waals surface area contributed by atoms with E-state index in [1.807, 2.05) is 19.9 Å². The molecule has 1 aliphatic rings. The molecular weight excluding hydrogens is 160 g/mol. The van der Waals surface area contributed by atoms with Crippen molar-refractivity contribution in [3.8, 4) is 0 Å². The van der Waals surface area contributed by atoms with Gasteiger partial charge in [0.1, 0.15) is 0 Å². The van der Waals surface area contributed by atoms with E-state index < -0.39 is 0 Å². The number of halogens is 1. The van der Waals surface area contributed by atoms with Gasteiger partial charge in [0.05, 0.1) is 12.4 Å². The lowest BCUT2D eigenvalue weighted by atomic mass is 10.0. The van der Waals surface area contributed by atoms with Crippen molar-refractivity contribution in [1.29, 1.82) is 0 Å². The molecule has 0 saturated carbocycles. The number of hydrogen-bond donors (Lipinski definition) is 0. The quantitative estimate of drug-likeness (QED) is 0.591. The van der Waals surface area contributed by atoms with Gasteiger partial charge in [0.15, 0.2) is 0 Å². The molecule has 0 aliphatic carbocycles. The average Bonchev–Trinajstić information content (AvgIpc) is 2.18. The largest absolute Gasteiger partial charge is 0.497 e. The molecular formula is C9H13ClO. The fourth-order valence-corrected chi connectivity index (χ4v) is 1.35. The first-order valence-corrected chi connectivity index (χ1v) is 4.16. The third kappa shape index (κ3) is 2.00. The van der Waals surface area contributed by atoms with Gasteiger partial charge in [-0.2, -0.15) is 0 Å². The van der Waals surface area contributed by atoms with E-state index in [9.17, 15) is 0 Å². The summed E-state index contributed by atoms with van der Waals surface area (Å²) in [4.78, 5) is 0. The predicted octanol–water partition coefficient (Wildman–Crippen LogP) is 3.07. The van der Waals surface area contributed by atoms with Crippen molar-refractivity contribution in [3.05, 3.63) is 22.4 Å². The van der Waals surface area contributed by atoms with Crippen molar-refractivity contribution in [3.63, 3.8) is 0 Å². The molecule has 0 saturated heterocycles. The second-order valence-electron chi connectivity index (χ2n) is 2.95. The molecule has 1 rings (SSSR count). The zero-order valence-electron chi connectivity index (χ0n) is 7.15. The Bertz CT molecular complexity index is 212. The summed E-state index contributed by atoms with van der Waals surface area (Å²) in [7, 11) is 0. The van der Waals surface area contributed by atoms with Gasteiger partial charge >= 0.3 is 0 Å². The molecule has 0 bridgehead atoms. The van der Waals surface area contributed by atoms with Crippen LogP contribution in [0.1, 0.15) is 20.8 Å². The Kier molecular flexibility index (Phi) is 2.61. The minimum absolute atomic E-state index is 0.490. The third-order valence-electron chi connectivity index (χ3n) is 1.84. The van der Waals surface area contributed by atoms with Crippen molar-refractivity contribution in [1.82, 2.24) is 0 Å². The fraction of sp³-hybridized carbons (Fsp3) is 0.556. The Morgan fingerprint density at radius 2 is 2.36 bits per heavy atom. The highest BCUT2D eigenvalue weighted by Gasteiger charge is 2.18. The fourth-order valence-electron chi connectivity index (χ4n) is 1.23. The minimum Gasteiger partial charge on any atom is -0.497 e. The van der Waals surface area contributed by atoms with Crippen LogP contribution in [0.2, 0.25) is 0 Å². The highest BCUT2D eigenvalue weighted by Crippen LogP contribution is 2.26. The van der Waals surface area contributed by atoms with Gasteiger partial charge in [-0.1, -0.05) is 18.5 Å². The normalized spacial score (nSPS) is 25.8. The molecule has 0 N–H and O–H groups in total. The molecule has 1 aliphatic heterocycles. The maximum absolute atomic E-state index is 5.76. The maximum atomic E-state index is 5.76. The van der Waals surface area contributed by atoms with Gasteiger partial charge in [0, 0.05) is 11.0 Å². The van der Waals surface area contributed by atoms with Crippen molar-refractivity contribution in [2.45, 2.75) is 20.8 Å². The molecule has 2 heteroatoms. The number of allylic oxidation sites excluding steroid dienone is 3. The highest BCUT2D eigenvalue weighted by atomic mass is 35.5. The van der Waals surface area contributed by atoms with Crippen LogP contribution < -0.4 is 0 Å². The molecule has 0 radical (unpaired) electrons. The molecule has 0 spiro atoms. The molecule has 1 heterocycles. The molecule has 11 heavy (non-hydrogen) atoms. The lowest BCUT2D eigenvalue weighted by Crippen LogP contribution is -1.95. The standard InChI is InChI=1S/C9H13ClO/c1-6-5-11-8(3)9(6)4-7(2)10/h4,6H,5H2,1-3H3/b7-4+. The van der Waals surface area contributed by atoms with E-state index in [0.717, 1.165) is 17.4 Å². The zero-order chi connectivity index (χ0) is 8.43. The Balaban J connectivity index is 2.84. The minimum atomic E-state index is 0.490. The van der Waals surface area contributed by atoms with E-state index in [2.05, 4.69) is 6.92 Å². The van der Waals surface area contributed by atoms with Gasteiger partial charge < -0.3 is 4.74 Å². The van der Waals surface area contributed by atoms with Crippen LogP contribution in [0.4, 0.5) is 0 Å². The Hall–Kier alpha value is -0.430. The van der Waals surface area contributed by atoms with E-state index in [1.54, 1.807) is 0 Å². The monoisotopic (exact) mass is 172 g/mol. The molecule has 62 valence electrons. The highest BCUT2D eigenvalue weighted by molar-refractivity contribution is 6.29. The van der Waals surface area contributed by atoms with E-state index in [0.29, 0.717) is 5.92 Å². The SMILES string of the molecule is CC1=C(/C=C(\C)Cl)C(C)CO1. The zero-order valence-corrected chi connectivity index (χ0v) is 7.90. The molecule has 0 aromatic heterocycles. The number of rotatable bonds is 1. The van der Waals surface area contributed by atoms with E-state index >= 15 is 0 Å². The summed E-state index contributed by atoms with van der Waals surface area (Å²) in [5.41, 5.74) is 1.23. The second-order valence-corrected chi connectivity index (χ2v) is 3.55. The average molecular weight is 173 g/mol. The molecule has 1 atom stereocenters. The van der Waals surface area contributed by atoms with Gasteiger partial charge in [-0.3, -0.25) is 0 Å². The Morgan fingerprint density at radius 1 is 1.73 bits per heavy atom. The third-order valence-corrected chi connectivity index (χ3v) is 1.95. The van der Waals surface area contributed by atoms with Crippen LogP contribution in [0.25, 0.3) is 0 Å². The van der Waals surface area contributed by atoms with E-state index in [4.69, 9.17) is 16.3 Å². The van der Waals surface area contributed by atoms with Crippen LogP contribution in [0.15, 0.2) is 22.4 Å². The number of ether oxygens (including phenoxy) is 1. The summed E-state index contributed by atoms with van der Waals surface area (Å²) < 4.78 is 5.35. The van der Waals surface area contributed by atoms with Gasteiger partial charge in [-0.15, -0.1) is 0 Å². The summed E-state index contributed by atoms with van der Waals surface area (Å²) in [5.74, 6) is 1.50. The molecule has 0 aromatic rings. The van der Waals surface area contributed by atoms with Crippen molar-refractivity contribution in [2.75, 3.05) is 6.61 Å². The van der Waals surface area contributed by atoms with Crippen LogP contribution in [0.3, 0.4) is 0 Å². The molecule has 1 unspecified atom stereocenters. The van der Waals surface area contributed by atoms with Crippen molar-refractivity contribution in [2.24, 2.45) is 5.92 Å². The summed E-state index contributed by atoms with van der Waals surface area (Å²) in [6, 6.07) is 0. The van der Waals surface area contributed by atoms with Crippen LogP contribution in [0, 0.1) is 5.92 Å². The van der Waals surface area contributed by atoms with Crippen LogP contribution in [0.5, 0.6) is 0 Å². The van der Waals surface area contributed by atoms with E-state index in [1.165, 1.54) is 5.57 Å². The lowest BCUT2D eigenvalue weighted by molar-refractivity contribution is 0.225. The van der Waals surface area contributed by atoms with Gasteiger partial charge in [-0.25, -0.2) is 0 Å². The topological polar surface area (TPSA) is 9.23 Å². The van der Waals surface area contributed by atoms with Gasteiger partial charge in [0.2, 0.25) is 0 Å². The summed E-state index contributed by atoms with van der Waals surface area (Å²) in [6.07, 6.45) is 1.98. The smallest absolute Gasteiger partial charge is 0.0965 e. The van der Waals surface area contributed by atoms with Gasteiger partial charge in [0.25, 0.3) is 0 Å². The maximum Gasteiger partial charge on any atom is 0.0965 e. The number of hydrogen-bond acceptors (Lipinski definition) is 1. The lowest BCUT2D eigenvalue weighted by Gasteiger charge is -1.99. The molecule has 0 amide bonds. The second kappa shape index (κ2) is 3.31. The molecule has 0 aromatic carbocycles. The predicted molar refractivity (Wildman–Crippen MR) is 47.4 cm³/mol. The molecule has 1 nitrogen and oxygen atoms in total. The Labute approximate surface area is 72.7 Å². The first kappa shape index (κ1) is 8.66. The first-order chi connectivity index (χ1) is 5.11. The summed E-state index contributed by atoms with van der Waals surface area (Å²) >= 11 is 5.76.